The summed E-state index contributed by atoms with van der Waals surface area (Å²) in [6.45, 7) is 4.88. The highest BCUT2D eigenvalue weighted by atomic mass is 35.5. The number of hydrogen-bond acceptors (Lipinski definition) is 6. The highest BCUT2D eigenvalue weighted by Gasteiger charge is 2.15. The van der Waals surface area contributed by atoms with Crippen LogP contribution in [0.3, 0.4) is 0 Å². The highest BCUT2D eigenvalue weighted by molar-refractivity contribution is 6.31. The minimum atomic E-state index is -0.209. The van der Waals surface area contributed by atoms with Crippen molar-refractivity contribution in [1.29, 1.82) is 0 Å². The van der Waals surface area contributed by atoms with Crippen LogP contribution in [0.25, 0.3) is 0 Å². The van der Waals surface area contributed by atoms with Gasteiger partial charge in [-0.05, 0) is 49.4 Å². The molecule has 2 N–H and O–H groups in total. The van der Waals surface area contributed by atoms with Crippen LogP contribution in [0.2, 0.25) is 5.02 Å². The second kappa shape index (κ2) is 9.11. The van der Waals surface area contributed by atoms with Crippen molar-refractivity contribution >= 4 is 40.6 Å². The Morgan fingerprint density at radius 2 is 1.77 bits per heavy atom. The number of amides is 1. The van der Waals surface area contributed by atoms with Gasteiger partial charge in [0.15, 0.2) is 0 Å². The van der Waals surface area contributed by atoms with E-state index in [1.165, 1.54) is 0 Å². The normalized spacial score (nSPS) is 13.7. The molecule has 0 unspecified atom stereocenters. The van der Waals surface area contributed by atoms with Crippen molar-refractivity contribution in [2.75, 3.05) is 41.8 Å². The van der Waals surface area contributed by atoms with Gasteiger partial charge < -0.3 is 20.3 Å². The van der Waals surface area contributed by atoms with Gasteiger partial charge in [0.2, 0.25) is 5.95 Å². The molecule has 1 saturated heterocycles. The number of rotatable bonds is 5. The van der Waals surface area contributed by atoms with E-state index < -0.39 is 0 Å². The summed E-state index contributed by atoms with van der Waals surface area (Å²) < 4.78 is 5.40. The number of anilines is 4. The average molecular weight is 424 g/mol. The molecule has 0 atom stereocenters. The summed E-state index contributed by atoms with van der Waals surface area (Å²) in [5.41, 5.74) is 2.95. The van der Waals surface area contributed by atoms with E-state index in [4.69, 9.17) is 16.3 Å². The van der Waals surface area contributed by atoms with Crippen LogP contribution in [0.4, 0.5) is 23.1 Å². The highest BCUT2D eigenvalue weighted by Crippen LogP contribution is 2.21. The fourth-order valence-corrected chi connectivity index (χ4v) is 3.33. The van der Waals surface area contributed by atoms with Gasteiger partial charge >= 0.3 is 0 Å². The van der Waals surface area contributed by atoms with Crippen LogP contribution in [0.5, 0.6) is 0 Å². The number of nitrogens with zero attached hydrogens (tertiary/aromatic N) is 3. The molecule has 1 aliphatic rings. The molecule has 3 aromatic rings. The number of aromatic nitrogens is 2. The molecule has 30 heavy (non-hydrogen) atoms. The Hall–Kier alpha value is -3.16. The number of ether oxygens (including phenoxy) is 1. The van der Waals surface area contributed by atoms with Gasteiger partial charge in [0.1, 0.15) is 5.82 Å². The second-order valence-electron chi connectivity index (χ2n) is 6.96. The zero-order valence-electron chi connectivity index (χ0n) is 16.6. The van der Waals surface area contributed by atoms with Crippen LogP contribution in [-0.4, -0.2) is 42.2 Å². The third-order valence-electron chi connectivity index (χ3n) is 4.64. The fourth-order valence-electron chi connectivity index (χ4n) is 3.14. The lowest BCUT2D eigenvalue weighted by Gasteiger charge is -2.27. The summed E-state index contributed by atoms with van der Waals surface area (Å²) in [5.74, 6) is 1.21. The van der Waals surface area contributed by atoms with Gasteiger partial charge in [0.05, 0.1) is 13.2 Å². The van der Waals surface area contributed by atoms with Crippen molar-refractivity contribution in [3.8, 4) is 0 Å². The number of aryl methyl sites for hydroxylation is 1. The second-order valence-corrected chi connectivity index (χ2v) is 7.40. The number of nitrogens with one attached hydrogen (secondary N) is 2. The molecular weight excluding hydrogens is 402 g/mol. The van der Waals surface area contributed by atoms with E-state index in [1.54, 1.807) is 24.3 Å². The van der Waals surface area contributed by atoms with Gasteiger partial charge in [0.25, 0.3) is 5.91 Å². The molecule has 1 fully saturated rings. The summed E-state index contributed by atoms with van der Waals surface area (Å²) >= 11 is 5.95. The molecule has 0 saturated carbocycles. The molecule has 1 aromatic heterocycles. The standard InChI is InChI=1S/C22H22ClN5O2/c1-15-13-20(27-22(24-15)28-9-11-30-12-10-28)25-18-5-7-19(8-6-18)26-21(29)16-3-2-4-17(23)14-16/h2-8,13-14H,9-12H2,1H3,(H,26,29)(H,24,25,27). The van der Waals surface area contributed by atoms with E-state index in [-0.39, 0.29) is 5.91 Å². The first kappa shape index (κ1) is 20.1. The van der Waals surface area contributed by atoms with E-state index in [1.807, 2.05) is 37.3 Å². The van der Waals surface area contributed by atoms with Crippen LogP contribution in [0.1, 0.15) is 16.1 Å². The summed E-state index contributed by atoms with van der Waals surface area (Å²) in [6, 6.07) is 16.2. The predicted octanol–water partition coefficient (Wildman–Crippen LogP) is 4.27. The minimum Gasteiger partial charge on any atom is -0.378 e. The Morgan fingerprint density at radius 3 is 2.50 bits per heavy atom. The molecule has 0 radical (unpaired) electrons. The molecule has 4 rings (SSSR count). The Bertz CT molecular complexity index is 1040. The van der Waals surface area contributed by atoms with E-state index in [0.29, 0.717) is 35.4 Å². The molecule has 8 heteroatoms. The summed E-state index contributed by atoms with van der Waals surface area (Å²) in [4.78, 5) is 23.7. The van der Waals surface area contributed by atoms with E-state index in [9.17, 15) is 4.79 Å². The maximum Gasteiger partial charge on any atom is 0.255 e. The molecule has 7 nitrogen and oxygen atoms in total. The lowest BCUT2D eigenvalue weighted by molar-refractivity contribution is 0.102. The van der Waals surface area contributed by atoms with Crippen LogP contribution in [-0.2, 0) is 4.74 Å². The predicted molar refractivity (Wildman–Crippen MR) is 119 cm³/mol. The van der Waals surface area contributed by atoms with Crippen molar-refractivity contribution in [2.24, 2.45) is 0 Å². The Kier molecular flexibility index (Phi) is 6.11. The monoisotopic (exact) mass is 423 g/mol. The van der Waals surface area contributed by atoms with E-state index >= 15 is 0 Å². The first-order valence-electron chi connectivity index (χ1n) is 9.69. The van der Waals surface area contributed by atoms with Crippen LogP contribution < -0.4 is 15.5 Å². The maximum atomic E-state index is 12.4. The van der Waals surface area contributed by atoms with Crippen molar-refractivity contribution < 1.29 is 9.53 Å². The maximum absolute atomic E-state index is 12.4. The number of benzene rings is 2. The lowest BCUT2D eigenvalue weighted by Crippen LogP contribution is -2.37. The van der Waals surface area contributed by atoms with Gasteiger partial charge in [-0.15, -0.1) is 0 Å². The Balaban J connectivity index is 1.43. The smallest absolute Gasteiger partial charge is 0.255 e. The number of carbonyl (C=O) groups excluding carboxylic acids is 1. The quantitative estimate of drug-likeness (QED) is 0.638. The SMILES string of the molecule is Cc1cc(Nc2ccc(NC(=O)c3cccc(Cl)c3)cc2)nc(N2CCOCC2)n1. The zero-order valence-corrected chi connectivity index (χ0v) is 17.3. The van der Waals surface area contributed by atoms with E-state index in [2.05, 4.69) is 25.5 Å². The van der Waals surface area contributed by atoms with Gasteiger partial charge in [-0.25, -0.2) is 4.98 Å². The third kappa shape index (κ3) is 5.06. The molecular formula is C22H22ClN5O2. The number of morpholine rings is 1. The molecule has 1 amide bonds. The Labute approximate surface area is 180 Å². The van der Waals surface area contributed by atoms with Crippen LogP contribution in [0, 0.1) is 6.92 Å². The van der Waals surface area contributed by atoms with E-state index in [0.717, 1.165) is 30.3 Å². The largest absolute Gasteiger partial charge is 0.378 e. The average Bonchev–Trinajstić information content (AvgIpc) is 2.75. The zero-order chi connectivity index (χ0) is 20.9. The lowest BCUT2D eigenvalue weighted by atomic mass is 10.2. The van der Waals surface area contributed by atoms with Crippen molar-refractivity contribution in [3.05, 3.63) is 70.9 Å². The first-order valence-corrected chi connectivity index (χ1v) is 10.1. The van der Waals surface area contributed by atoms with Crippen LogP contribution >= 0.6 is 11.6 Å². The van der Waals surface area contributed by atoms with Gasteiger partial charge in [0, 0.05) is 46.8 Å². The van der Waals surface area contributed by atoms with Gasteiger partial charge in [-0.1, -0.05) is 17.7 Å². The van der Waals surface area contributed by atoms with Crippen LogP contribution in [0.15, 0.2) is 54.6 Å². The van der Waals surface area contributed by atoms with Gasteiger partial charge in [-0.3, -0.25) is 4.79 Å². The minimum absolute atomic E-state index is 0.209. The molecule has 0 aliphatic carbocycles. The molecule has 0 spiro atoms. The number of hydrogen-bond donors (Lipinski definition) is 2. The summed E-state index contributed by atoms with van der Waals surface area (Å²) in [6.07, 6.45) is 0. The van der Waals surface area contributed by atoms with Crippen molar-refractivity contribution in [3.63, 3.8) is 0 Å². The number of halogens is 1. The molecule has 0 bridgehead atoms. The molecule has 2 aromatic carbocycles. The van der Waals surface area contributed by atoms with Crippen molar-refractivity contribution in [2.45, 2.75) is 6.92 Å². The molecule has 2 heterocycles. The number of carbonyl (C=O) groups is 1. The molecule has 154 valence electrons. The fraction of sp³-hybridized carbons (Fsp3) is 0.227. The molecule has 1 aliphatic heterocycles. The first-order chi connectivity index (χ1) is 14.6. The third-order valence-corrected chi connectivity index (χ3v) is 4.87. The summed E-state index contributed by atoms with van der Waals surface area (Å²) in [5, 5.41) is 6.70. The van der Waals surface area contributed by atoms with Gasteiger partial charge in [-0.2, -0.15) is 4.98 Å². The Morgan fingerprint density at radius 1 is 1.03 bits per heavy atom. The topological polar surface area (TPSA) is 79.4 Å². The summed E-state index contributed by atoms with van der Waals surface area (Å²) in [7, 11) is 0. The van der Waals surface area contributed by atoms with Crippen molar-refractivity contribution in [1.82, 2.24) is 9.97 Å².